The molecule has 1 aromatic carbocycles. The van der Waals surface area contributed by atoms with Crippen LogP contribution in [0.4, 0.5) is 4.79 Å². The lowest BCUT2D eigenvalue weighted by molar-refractivity contribution is -0.154. The number of cyclic esters (lactones) is 1. The first kappa shape index (κ1) is 45.2. The number of nitrogens with one attached hydrogen (secondary N) is 1. The van der Waals surface area contributed by atoms with Gasteiger partial charge in [0, 0.05) is 20.6 Å². The van der Waals surface area contributed by atoms with Crippen LogP contribution >= 0.6 is 0 Å². The maximum Gasteiger partial charge on any atom is 0.409 e. The fourth-order valence-electron chi connectivity index (χ4n) is 5.89. The molecule has 1 amide bonds. The second-order valence-electron chi connectivity index (χ2n) is 17.5. The van der Waals surface area contributed by atoms with Crippen molar-refractivity contribution in [2.24, 2.45) is 0 Å². The average molecular weight is 782 g/mol. The Morgan fingerprint density at radius 1 is 1.02 bits per heavy atom. The number of methoxy groups -OCH3 is 1. The highest BCUT2D eigenvalue weighted by atomic mass is 28.4. The minimum Gasteiger partial charge on any atom is -0.497 e. The number of allylic oxidation sites excluding steroid dienone is 2. The van der Waals surface area contributed by atoms with Crippen LogP contribution in [0, 0.1) is 0 Å². The lowest BCUT2D eigenvalue weighted by Crippen LogP contribution is -2.47. The van der Waals surface area contributed by atoms with Crippen LogP contribution in [0.15, 0.2) is 84.0 Å². The summed E-state index contributed by atoms with van der Waals surface area (Å²) in [6, 6.07) is 8.29. The Morgan fingerprint density at radius 3 is 2.37 bits per heavy atom. The number of hydrogen-bond acceptors (Lipinski definition) is 8. The summed E-state index contributed by atoms with van der Waals surface area (Å²) in [4.78, 5) is 26.6. The second kappa shape index (κ2) is 20.6. The van der Waals surface area contributed by atoms with E-state index in [1.54, 1.807) is 13.2 Å². The number of esters is 1. The second-order valence-corrected chi connectivity index (χ2v) is 27.9. The van der Waals surface area contributed by atoms with Gasteiger partial charge in [0.05, 0.1) is 38.6 Å². The van der Waals surface area contributed by atoms with Crippen LogP contribution in [0.1, 0.15) is 72.3 Å². The van der Waals surface area contributed by atoms with Crippen LogP contribution in [0.3, 0.4) is 0 Å². The zero-order valence-electron chi connectivity index (χ0n) is 34.8. The van der Waals surface area contributed by atoms with Gasteiger partial charge in [-0.1, -0.05) is 106 Å². The fourth-order valence-corrected chi connectivity index (χ4v) is 7.88. The fraction of sp³-hybridized carbons (Fsp3) is 0.581. The molecule has 0 aromatic heterocycles. The molecule has 1 N–H and O–H groups in total. The minimum absolute atomic E-state index is 0.0228. The number of hydrogen-bond donors (Lipinski definition) is 1. The smallest absolute Gasteiger partial charge is 0.409 e. The molecule has 2 bridgehead atoms. The van der Waals surface area contributed by atoms with Crippen molar-refractivity contribution in [1.29, 1.82) is 0 Å². The van der Waals surface area contributed by atoms with E-state index in [-0.39, 0.29) is 30.0 Å². The Bertz CT molecular complexity index is 1520. The number of carbonyl (C=O) groups is 2. The van der Waals surface area contributed by atoms with Gasteiger partial charge in [-0.15, -0.1) is 0 Å². The van der Waals surface area contributed by atoms with Crippen LogP contribution in [0.5, 0.6) is 5.75 Å². The van der Waals surface area contributed by atoms with Gasteiger partial charge in [0.15, 0.2) is 20.6 Å². The van der Waals surface area contributed by atoms with Gasteiger partial charge in [0.25, 0.3) is 0 Å². The number of rotatable bonds is 11. The van der Waals surface area contributed by atoms with E-state index >= 15 is 0 Å². The van der Waals surface area contributed by atoms with Crippen molar-refractivity contribution in [2.45, 2.75) is 148 Å². The van der Waals surface area contributed by atoms with Gasteiger partial charge >= 0.3 is 12.1 Å². The molecule has 2 aliphatic heterocycles. The average Bonchev–Trinajstić information content (AvgIpc) is 3.04. The molecule has 3 rings (SSSR count). The Hall–Kier alpha value is -3.23. The van der Waals surface area contributed by atoms with Crippen molar-refractivity contribution in [2.75, 3.05) is 13.7 Å². The lowest BCUT2D eigenvalue weighted by atomic mass is 9.95. The molecule has 0 spiro atoms. The molecule has 5 atom stereocenters. The molecular weight excluding hydrogens is 715 g/mol. The first-order valence-electron chi connectivity index (χ1n) is 19.3. The standard InChI is InChI=1S/C43H67NO8Si2/c1-31-15-13-18-40(45)51-39(41(44-42(46)48-23-24-53(8,9)10)49-30-34-19-21-35(47-7)22-20-34)29-33(3)28-38-27-32(2)26-36(50-38)16-14-17-37(25-31)52-54(11,12)43(4,5)6/h13-15,17-22,28,36-39,41H,2,16,23-27,29-30H2,1,3-12H3,(H,44,46)/b17-14+,18-13+,31-15-,33-28+/t36-,37+,38-,39+,41-/m1/s1. The highest BCUT2D eigenvalue weighted by molar-refractivity contribution is 6.76. The van der Waals surface area contributed by atoms with Crippen molar-refractivity contribution < 1.29 is 37.7 Å². The van der Waals surface area contributed by atoms with Crippen LogP contribution in [0.2, 0.25) is 43.8 Å². The Morgan fingerprint density at radius 2 is 1.72 bits per heavy atom. The summed E-state index contributed by atoms with van der Waals surface area (Å²) in [5.41, 5.74) is 3.98. The highest BCUT2D eigenvalue weighted by Crippen LogP contribution is 2.38. The first-order chi connectivity index (χ1) is 25.2. The van der Waals surface area contributed by atoms with Gasteiger partial charge in [0.2, 0.25) is 0 Å². The molecule has 2 aliphatic rings. The van der Waals surface area contributed by atoms with E-state index in [1.165, 1.54) is 6.08 Å². The van der Waals surface area contributed by atoms with E-state index in [0.29, 0.717) is 25.9 Å². The first-order valence-corrected chi connectivity index (χ1v) is 25.9. The maximum atomic E-state index is 13.5. The van der Waals surface area contributed by atoms with E-state index in [2.05, 4.69) is 83.6 Å². The SMILES string of the molecule is C=C1C[C@H]2C/C=C/[C@H](O[Si](C)(C)C(C)(C)C)C/C(C)=C\C=C\C(=O)O[C@H]([C@H](NC(=O)OCC[Si](C)(C)C)OCc3ccc(OC)cc3)C/C(C)=C/[C@@H](C1)O2. The van der Waals surface area contributed by atoms with Crippen LogP contribution in [-0.2, 0) is 34.8 Å². The van der Waals surface area contributed by atoms with E-state index in [0.717, 1.165) is 46.9 Å². The molecule has 1 saturated heterocycles. The van der Waals surface area contributed by atoms with Gasteiger partial charge in [-0.25, -0.2) is 9.59 Å². The van der Waals surface area contributed by atoms with Gasteiger partial charge < -0.3 is 28.1 Å². The molecule has 11 heteroatoms. The third-order valence-electron chi connectivity index (χ3n) is 10.0. The monoisotopic (exact) mass is 781 g/mol. The third kappa shape index (κ3) is 16.2. The van der Waals surface area contributed by atoms with Crippen LogP contribution < -0.4 is 10.1 Å². The Kier molecular flexibility index (Phi) is 17.2. The van der Waals surface area contributed by atoms with Crippen LogP contribution in [0.25, 0.3) is 0 Å². The molecule has 0 radical (unpaired) electrons. The summed E-state index contributed by atoms with van der Waals surface area (Å²) in [5.74, 6) is 0.166. The molecule has 0 unspecified atom stereocenters. The summed E-state index contributed by atoms with van der Waals surface area (Å²) >= 11 is 0. The maximum absolute atomic E-state index is 13.5. The van der Waals surface area contributed by atoms with Crippen molar-refractivity contribution in [3.63, 3.8) is 0 Å². The van der Waals surface area contributed by atoms with Crippen LogP contribution in [-0.4, -0.2) is 72.8 Å². The zero-order chi connectivity index (χ0) is 40.1. The number of alkyl carbamates (subject to hydrolysis) is 1. The number of benzene rings is 1. The lowest BCUT2D eigenvalue weighted by Gasteiger charge is -2.39. The van der Waals surface area contributed by atoms with Gasteiger partial charge in [-0.05, 0) is 81.4 Å². The summed E-state index contributed by atoms with van der Waals surface area (Å²) in [6.07, 6.45) is 11.8. The van der Waals surface area contributed by atoms with Gasteiger partial charge in [-0.2, -0.15) is 0 Å². The number of carbonyl (C=O) groups excluding carboxylic acids is 2. The normalized spacial score (nSPS) is 26.1. The topological polar surface area (TPSA) is 102 Å². The summed E-state index contributed by atoms with van der Waals surface area (Å²) in [6.45, 7) is 26.7. The van der Waals surface area contributed by atoms with Crippen molar-refractivity contribution >= 4 is 28.5 Å². The predicted molar refractivity (Wildman–Crippen MR) is 223 cm³/mol. The summed E-state index contributed by atoms with van der Waals surface area (Å²) < 4.78 is 36.8. The number of fused-ring (bicyclic) bond motifs is 2. The highest BCUT2D eigenvalue weighted by Gasteiger charge is 2.39. The molecular formula is C43H67NO8Si2. The Balaban J connectivity index is 1.96. The van der Waals surface area contributed by atoms with Crippen molar-refractivity contribution in [1.82, 2.24) is 5.32 Å². The molecule has 54 heavy (non-hydrogen) atoms. The molecule has 300 valence electrons. The molecule has 1 fully saturated rings. The summed E-state index contributed by atoms with van der Waals surface area (Å²) in [5, 5.41) is 2.93. The number of ether oxygens (including phenoxy) is 5. The van der Waals surface area contributed by atoms with E-state index < -0.39 is 40.8 Å². The Labute approximate surface area is 327 Å². The quantitative estimate of drug-likeness (QED) is 0.103. The van der Waals surface area contributed by atoms with E-state index in [4.69, 9.17) is 28.1 Å². The predicted octanol–water partition coefficient (Wildman–Crippen LogP) is 10.2. The number of amides is 1. The van der Waals surface area contributed by atoms with Gasteiger partial charge in [-0.3, -0.25) is 5.32 Å². The zero-order valence-corrected chi connectivity index (χ0v) is 36.8. The van der Waals surface area contributed by atoms with Gasteiger partial charge in [0.1, 0.15) is 5.75 Å². The largest absolute Gasteiger partial charge is 0.497 e. The van der Waals surface area contributed by atoms with E-state index in [1.807, 2.05) is 44.2 Å². The molecule has 0 aliphatic carbocycles. The van der Waals surface area contributed by atoms with Crippen molar-refractivity contribution in [3.8, 4) is 5.75 Å². The molecule has 2 heterocycles. The molecule has 1 aromatic rings. The molecule has 0 saturated carbocycles. The third-order valence-corrected chi connectivity index (χ3v) is 16.3. The minimum atomic E-state index is -2.07. The molecule has 9 nitrogen and oxygen atoms in total. The summed E-state index contributed by atoms with van der Waals surface area (Å²) in [7, 11) is -1.90. The van der Waals surface area contributed by atoms with Crippen molar-refractivity contribution in [3.05, 3.63) is 89.6 Å². The van der Waals surface area contributed by atoms with E-state index in [9.17, 15) is 9.59 Å².